The van der Waals surface area contributed by atoms with Crippen LogP contribution in [0.1, 0.15) is 17.3 Å². The topological polar surface area (TPSA) is 69.9 Å². The Balaban J connectivity index is 1.94. The molecule has 1 aromatic carbocycles. The lowest BCUT2D eigenvalue weighted by molar-refractivity contribution is 0.102. The molecule has 0 amide bonds. The average molecular weight is 278 g/mol. The molecule has 0 atom stereocenters. The smallest absolute Gasteiger partial charge is 0.209 e. The minimum Gasteiger partial charge on any atom is -0.494 e. The summed E-state index contributed by atoms with van der Waals surface area (Å²) in [6.07, 6.45) is 0. The van der Waals surface area contributed by atoms with Crippen molar-refractivity contribution in [1.82, 2.24) is 20.2 Å². The summed E-state index contributed by atoms with van der Waals surface area (Å²) in [5, 5.41) is 11.7. The van der Waals surface area contributed by atoms with E-state index in [1.165, 1.54) is 16.4 Å². The number of carbonyl (C=O) groups is 1. The first-order valence-corrected chi connectivity index (χ1v) is 6.80. The molecule has 0 unspecified atom stereocenters. The van der Waals surface area contributed by atoms with Gasteiger partial charge in [0.15, 0.2) is 5.78 Å². The second-order valence-electron chi connectivity index (χ2n) is 3.75. The zero-order valence-corrected chi connectivity index (χ0v) is 11.6. The third-order valence-electron chi connectivity index (χ3n) is 2.40. The minimum atomic E-state index is 0.0380. The van der Waals surface area contributed by atoms with Gasteiger partial charge in [-0.3, -0.25) is 4.79 Å². The number of ketones is 1. The summed E-state index contributed by atoms with van der Waals surface area (Å²) in [7, 11) is 1.74. The Labute approximate surface area is 115 Å². The van der Waals surface area contributed by atoms with E-state index >= 15 is 0 Å². The van der Waals surface area contributed by atoms with Crippen LogP contribution in [0.15, 0.2) is 29.4 Å². The monoisotopic (exact) mass is 278 g/mol. The third-order valence-corrected chi connectivity index (χ3v) is 3.41. The van der Waals surface area contributed by atoms with Gasteiger partial charge in [0, 0.05) is 12.6 Å². The Morgan fingerprint density at radius 1 is 1.37 bits per heavy atom. The van der Waals surface area contributed by atoms with Crippen LogP contribution in [-0.4, -0.2) is 38.4 Å². The first kappa shape index (κ1) is 13.5. The van der Waals surface area contributed by atoms with E-state index in [2.05, 4.69) is 15.5 Å². The molecule has 0 N–H and O–H groups in total. The molecule has 0 aliphatic rings. The molecule has 1 aromatic heterocycles. The van der Waals surface area contributed by atoms with Gasteiger partial charge < -0.3 is 4.74 Å². The first-order chi connectivity index (χ1) is 9.20. The van der Waals surface area contributed by atoms with Crippen molar-refractivity contribution in [3.63, 3.8) is 0 Å². The van der Waals surface area contributed by atoms with Crippen molar-refractivity contribution in [2.45, 2.75) is 12.1 Å². The van der Waals surface area contributed by atoms with E-state index in [9.17, 15) is 4.79 Å². The molecular formula is C12H14N4O2S. The summed E-state index contributed by atoms with van der Waals surface area (Å²) in [5.74, 6) is 1.11. The van der Waals surface area contributed by atoms with Crippen LogP contribution in [-0.2, 0) is 7.05 Å². The van der Waals surface area contributed by atoms with Crippen molar-refractivity contribution < 1.29 is 9.53 Å². The quantitative estimate of drug-likeness (QED) is 0.590. The Hall–Kier alpha value is -1.89. The second kappa shape index (κ2) is 6.33. The number of thioether (sulfide) groups is 1. The zero-order valence-electron chi connectivity index (χ0n) is 10.7. The molecule has 2 aromatic rings. The number of hydrogen-bond donors (Lipinski definition) is 0. The number of ether oxygens (including phenoxy) is 1. The first-order valence-electron chi connectivity index (χ1n) is 5.82. The fourth-order valence-corrected chi connectivity index (χ4v) is 2.21. The molecule has 7 heteroatoms. The van der Waals surface area contributed by atoms with Crippen LogP contribution in [0.4, 0.5) is 0 Å². The van der Waals surface area contributed by atoms with Crippen LogP contribution in [0, 0.1) is 0 Å². The summed E-state index contributed by atoms with van der Waals surface area (Å²) in [6, 6.07) is 7.13. The number of rotatable bonds is 6. The van der Waals surface area contributed by atoms with Gasteiger partial charge in [0.2, 0.25) is 5.16 Å². The molecule has 0 saturated carbocycles. The van der Waals surface area contributed by atoms with E-state index in [1.807, 2.05) is 6.92 Å². The zero-order chi connectivity index (χ0) is 13.7. The van der Waals surface area contributed by atoms with Crippen molar-refractivity contribution in [2.75, 3.05) is 12.4 Å². The predicted molar refractivity (Wildman–Crippen MR) is 71.5 cm³/mol. The van der Waals surface area contributed by atoms with Crippen molar-refractivity contribution in [3.8, 4) is 5.75 Å². The number of aryl methyl sites for hydroxylation is 1. The molecule has 19 heavy (non-hydrogen) atoms. The highest BCUT2D eigenvalue weighted by Gasteiger charge is 2.10. The van der Waals surface area contributed by atoms with Gasteiger partial charge in [0.05, 0.1) is 12.4 Å². The van der Waals surface area contributed by atoms with E-state index in [0.29, 0.717) is 23.1 Å². The van der Waals surface area contributed by atoms with E-state index in [4.69, 9.17) is 4.74 Å². The molecule has 0 fully saturated rings. The number of carbonyl (C=O) groups excluding carboxylic acids is 1. The molecule has 100 valence electrons. The SMILES string of the molecule is CCOc1ccc(C(=O)CSc2nnnn2C)cc1. The Morgan fingerprint density at radius 3 is 2.68 bits per heavy atom. The largest absolute Gasteiger partial charge is 0.494 e. The number of tetrazole rings is 1. The van der Waals surface area contributed by atoms with Crippen LogP contribution >= 0.6 is 11.8 Å². The predicted octanol–water partition coefficient (Wildman–Crippen LogP) is 1.58. The van der Waals surface area contributed by atoms with Gasteiger partial charge in [0.25, 0.3) is 0 Å². The van der Waals surface area contributed by atoms with Gasteiger partial charge in [-0.2, -0.15) is 0 Å². The summed E-state index contributed by atoms with van der Waals surface area (Å²) in [4.78, 5) is 12.0. The highest BCUT2D eigenvalue weighted by Crippen LogP contribution is 2.17. The van der Waals surface area contributed by atoms with Gasteiger partial charge in [-0.1, -0.05) is 11.8 Å². The van der Waals surface area contributed by atoms with Crippen molar-refractivity contribution in [2.24, 2.45) is 7.05 Å². The van der Waals surface area contributed by atoms with E-state index in [-0.39, 0.29) is 5.78 Å². The Bertz CT molecular complexity index is 553. The number of nitrogens with zero attached hydrogens (tertiary/aromatic N) is 4. The molecule has 0 saturated heterocycles. The average Bonchev–Trinajstić information content (AvgIpc) is 2.83. The number of Topliss-reactive ketones (excluding diaryl/α,β-unsaturated/α-hetero) is 1. The third kappa shape index (κ3) is 3.54. The number of benzene rings is 1. The number of hydrogen-bond acceptors (Lipinski definition) is 6. The molecule has 0 aliphatic carbocycles. The van der Waals surface area contributed by atoms with Crippen molar-refractivity contribution in [3.05, 3.63) is 29.8 Å². The lowest BCUT2D eigenvalue weighted by Crippen LogP contribution is -2.04. The van der Waals surface area contributed by atoms with Crippen molar-refractivity contribution >= 4 is 17.5 Å². The van der Waals surface area contributed by atoms with Crippen LogP contribution in [0.5, 0.6) is 5.75 Å². The highest BCUT2D eigenvalue weighted by atomic mass is 32.2. The maximum Gasteiger partial charge on any atom is 0.209 e. The fourth-order valence-electron chi connectivity index (χ4n) is 1.46. The van der Waals surface area contributed by atoms with Gasteiger partial charge in [-0.25, -0.2) is 4.68 Å². The van der Waals surface area contributed by atoms with Gasteiger partial charge >= 0.3 is 0 Å². The van der Waals surface area contributed by atoms with Crippen LogP contribution in [0.3, 0.4) is 0 Å². The Morgan fingerprint density at radius 2 is 2.11 bits per heavy atom. The maximum absolute atomic E-state index is 12.0. The van der Waals surface area contributed by atoms with Gasteiger partial charge in [0.1, 0.15) is 5.75 Å². The van der Waals surface area contributed by atoms with Crippen LogP contribution in [0.2, 0.25) is 0 Å². The molecule has 0 radical (unpaired) electrons. The maximum atomic E-state index is 12.0. The highest BCUT2D eigenvalue weighted by molar-refractivity contribution is 7.99. The van der Waals surface area contributed by atoms with Crippen LogP contribution < -0.4 is 4.74 Å². The minimum absolute atomic E-state index is 0.0380. The standard InChI is InChI=1S/C12H14N4O2S/c1-3-18-10-6-4-9(5-7-10)11(17)8-19-12-13-14-15-16(12)2/h4-7H,3,8H2,1-2H3. The van der Waals surface area contributed by atoms with E-state index in [1.54, 1.807) is 31.3 Å². The molecule has 0 bridgehead atoms. The summed E-state index contributed by atoms with van der Waals surface area (Å²) in [6.45, 7) is 2.53. The summed E-state index contributed by atoms with van der Waals surface area (Å²) < 4.78 is 6.87. The molecule has 0 spiro atoms. The molecular weight excluding hydrogens is 264 g/mol. The second-order valence-corrected chi connectivity index (χ2v) is 4.70. The molecule has 2 rings (SSSR count). The lowest BCUT2D eigenvalue weighted by atomic mass is 10.1. The summed E-state index contributed by atoms with van der Waals surface area (Å²) in [5.41, 5.74) is 0.658. The van der Waals surface area contributed by atoms with Gasteiger partial charge in [-0.05, 0) is 41.6 Å². The van der Waals surface area contributed by atoms with E-state index in [0.717, 1.165) is 5.75 Å². The van der Waals surface area contributed by atoms with Crippen molar-refractivity contribution in [1.29, 1.82) is 0 Å². The molecule has 6 nitrogen and oxygen atoms in total. The lowest BCUT2D eigenvalue weighted by Gasteiger charge is -2.04. The van der Waals surface area contributed by atoms with E-state index < -0.39 is 0 Å². The van der Waals surface area contributed by atoms with Crippen LogP contribution in [0.25, 0.3) is 0 Å². The number of aromatic nitrogens is 4. The normalized spacial score (nSPS) is 10.4. The molecule has 0 aliphatic heterocycles. The summed E-state index contributed by atoms with van der Waals surface area (Å²) >= 11 is 1.32. The molecule has 1 heterocycles. The van der Waals surface area contributed by atoms with Gasteiger partial charge in [-0.15, -0.1) is 5.10 Å². The Kier molecular flexibility index (Phi) is 4.51. The fraction of sp³-hybridized carbons (Fsp3) is 0.333.